The van der Waals surface area contributed by atoms with E-state index in [4.69, 9.17) is 0 Å². The van der Waals surface area contributed by atoms with Crippen molar-refractivity contribution in [1.82, 2.24) is 0 Å². The lowest BCUT2D eigenvalue weighted by atomic mass is 9.70. The van der Waals surface area contributed by atoms with Gasteiger partial charge in [0.1, 0.15) is 5.69 Å². The molecule has 0 amide bonds. The van der Waals surface area contributed by atoms with Gasteiger partial charge in [0.05, 0.1) is 5.56 Å². The van der Waals surface area contributed by atoms with Crippen LogP contribution in [0.1, 0.15) is 11.1 Å². The highest BCUT2D eigenvalue weighted by molar-refractivity contribution is 8.04. The van der Waals surface area contributed by atoms with Gasteiger partial charge < -0.3 is 4.81 Å². The van der Waals surface area contributed by atoms with Gasteiger partial charge in [-0.2, -0.15) is 4.57 Å². The van der Waals surface area contributed by atoms with Crippen LogP contribution in [0.5, 0.6) is 0 Å². The van der Waals surface area contributed by atoms with E-state index >= 15 is 0 Å². The van der Waals surface area contributed by atoms with Crippen LogP contribution in [-0.4, -0.2) is 6.57 Å². The highest BCUT2D eigenvalue weighted by atomic mass is 31.1. The largest absolute Gasteiger partial charge is 0.371 e. The standard InChI is InChI=1S/C25H19BN2P/c1-17-11-13-19(14-12-17)29-23-10-3-2-8-21(23)28-22-9-5-15-27-16-18-6-4-7-20(26(28)29)24(18)25(22)27/h2-15H,16H2,1H3/q+1. The molecule has 0 saturated heterocycles. The topological polar surface area (TPSA) is 7.12 Å². The molecule has 0 aliphatic carbocycles. The van der Waals surface area contributed by atoms with Crippen LogP contribution < -0.4 is 25.4 Å². The fourth-order valence-electron chi connectivity index (χ4n) is 5.35. The molecule has 4 heterocycles. The smallest absolute Gasteiger partial charge is 0.333 e. The van der Waals surface area contributed by atoms with Crippen molar-refractivity contribution < 1.29 is 4.57 Å². The van der Waals surface area contributed by atoms with Gasteiger partial charge in [0.15, 0.2) is 12.7 Å². The number of para-hydroxylation sites is 1. The number of rotatable bonds is 1. The van der Waals surface area contributed by atoms with E-state index in [2.05, 4.69) is 101 Å². The average Bonchev–Trinajstić information content (AvgIpc) is 3.31. The molecule has 4 heteroatoms. The van der Waals surface area contributed by atoms with Crippen LogP contribution in [-0.2, 0) is 6.54 Å². The Morgan fingerprint density at radius 1 is 0.862 bits per heavy atom. The molecule has 0 fully saturated rings. The summed E-state index contributed by atoms with van der Waals surface area (Å²) >= 11 is 0. The van der Waals surface area contributed by atoms with Gasteiger partial charge in [-0.3, -0.25) is 0 Å². The van der Waals surface area contributed by atoms with Crippen LogP contribution in [0.2, 0.25) is 0 Å². The highest BCUT2D eigenvalue weighted by Crippen LogP contribution is 2.55. The number of fused-ring (bicyclic) bond motifs is 5. The maximum absolute atomic E-state index is 2.63. The summed E-state index contributed by atoms with van der Waals surface area (Å²) in [5.41, 5.74) is 9.89. The number of anilines is 2. The minimum Gasteiger partial charge on any atom is -0.371 e. The Kier molecular flexibility index (Phi) is 3.07. The Labute approximate surface area is 172 Å². The van der Waals surface area contributed by atoms with E-state index in [1.807, 2.05) is 0 Å². The number of aromatic nitrogens is 1. The SMILES string of the molecule is Cc1ccc(P2B3c4cccc5c4-c4c(ccc[n+]4C5)N3c3ccccc32)cc1. The molecule has 1 atom stereocenters. The van der Waals surface area contributed by atoms with Gasteiger partial charge in [-0.05, 0) is 42.9 Å². The van der Waals surface area contributed by atoms with Crippen LogP contribution >= 0.6 is 7.80 Å². The van der Waals surface area contributed by atoms with Crippen molar-refractivity contribution >= 4 is 41.8 Å². The molecule has 136 valence electrons. The molecule has 0 saturated carbocycles. The molecule has 3 aromatic carbocycles. The molecular formula is C25H19BN2P+. The average molecular weight is 389 g/mol. The van der Waals surface area contributed by atoms with E-state index in [0.29, 0.717) is 6.57 Å². The number of nitrogens with zero attached hydrogens (tertiary/aromatic N) is 2. The first-order chi connectivity index (χ1) is 14.3. The first-order valence-corrected chi connectivity index (χ1v) is 11.6. The van der Waals surface area contributed by atoms with Gasteiger partial charge in [0, 0.05) is 17.3 Å². The van der Waals surface area contributed by atoms with Crippen LogP contribution in [0.15, 0.2) is 85.1 Å². The number of hydrogen-bond donors (Lipinski definition) is 0. The molecule has 3 aliphatic heterocycles. The zero-order valence-electron chi connectivity index (χ0n) is 16.2. The summed E-state index contributed by atoms with van der Waals surface area (Å²) in [5.74, 6) is 0. The van der Waals surface area contributed by atoms with Gasteiger partial charge in [0.25, 0.3) is 0 Å². The molecular weight excluding hydrogens is 370 g/mol. The van der Waals surface area contributed by atoms with Crippen LogP contribution in [0.3, 0.4) is 0 Å². The van der Waals surface area contributed by atoms with Crippen molar-refractivity contribution in [2.75, 3.05) is 4.81 Å². The summed E-state index contributed by atoms with van der Waals surface area (Å²) < 4.78 is 2.43. The van der Waals surface area contributed by atoms with Gasteiger partial charge in [-0.25, -0.2) is 0 Å². The predicted octanol–water partition coefficient (Wildman–Crippen LogP) is 3.60. The van der Waals surface area contributed by atoms with Crippen molar-refractivity contribution in [2.24, 2.45) is 0 Å². The summed E-state index contributed by atoms with van der Waals surface area (Å²) in [6, 6.07) is 29.8. The molecule has 4 aromatic rings. The lowest BCUT2D eigenvalue weighted by Crippen LogP contribution is -2.48. The van der Waals surface area contributed by atoms with E-state index in [1.54, 1.807) is 0 Å². The Bertz CT molecular complexity index is 1310. The zero-order chi connectivity index (χ0) is 19.1. The normalized spacial score (nSPS) is 17.2. The summed E-state index contributed by atoms with van der Waals surface area (Å²) in [6.45, 7) is 3.52. The summed E-state index contributed by atoms with van der Waals surface area (Å²) in [5, 5.41) is 2.96. The van der Waals surface area contributed by atoms with E-state index < -0.39 is 7.80 Å². The second-order valence-corrected chi connectivity index (χ2v) is 10.4. The number of hydrogen-bond acceptors (Lipinski definition) is 1. The van der Waals surface area contributed by atoms with E-state index in [0.717, 1.165) is 6.54 Å². The molecule has 7 rings (SSSR count). The lowest BCUT2D eigenvalue weighted by Gasteiger charge is -2.32. The van der Waals surface area contributed by atoms with Crippen LogP contribution in [0, 0.1) is 6.92 Å². The third kappa shape index (κ3) is 1.99. The Balaban J connectivity index is 1.57. The fraction of sp³-hybridized carbons (Fsp3) is 0.0800. The Morgan fingerprint density at radius 3 is 2.59 bits per heavy atom. The second kappa shape index (κ2) is 5.59. The molecule has 2 nitrogen and oxygen atoms in total. The predicted molar refractivity (Wildman–Crippen MR) is 123 cm³/mol. The molecule has 29 heavy (non-hydrogen) atoms. The maximum atomic E-state index is 2.63. The first kappa shape index (κ1) is 16.0. The molecule has 1 unspecified atom stereocenters. The number of benzene rings is 3. The first-order valence-electron chi connectivity index (χ1n) is 10.2. The third-order valence-electron chi connectivity index (χ3n) is 6.55. The molecule has 0 spiro atoms. The van der Waals surface area contributed by atoms with Crippen LogP contribution in [0.4, 0.5) is 11.4 Å². The summed E-state index contributed by atoms with van der Waals surface area (Å²) in [6.07, 6.45) is 2.23. The maximum Gasteiger partial charge on any atom is 0.333 e. The quantitative estimate of drug-likeness (QED) is 0.241. The van der Waals surface area contributed by atoms with Gasteiger partial charge in [0.2, 0.25) is 5.69 Å². The van der Waals surface area contributed by atoms with Gasteiger partial charge >= 0.3 is 6.57 Å². The minimum absolute atomic E-state index is 0.363. The molecule has 1 aromatic heterocycles. The van der Waals surface area contributed by atoms with Crippen molar-refractivity contribution in [3.05, 3.63) is 96.2 Å². The molecule has 0 radical (unpaired) electrons. The van der Waals surface area contributed by atoms with Crippen molar-refractivity contribution in [2.45, 2.75) is 13.5 Å². The molecule has 0 N–H and O–H groups in total. The zero-order valence-corrected chi connectivity index (χ0v) is 17.1. The molecule has 0 bridgehead atoms. The van der Waals surface area contributed by atoms with Crippen molar-refractivity contribution in [1.29, 1.82) is 0 Å². The minimum atomic E-state index is -0.510. The van der Waals surface area contributed by atoms with E-state index in [9.17, 15) is 0 Å². The summed E-state index contributed by atoms with van der Waals surface area (Å²) in [7, 11) is -0.510. The van der Waals surface area contributed by atoms with Crippen molar-refractivity contribution in [3.8, 4) is 11.3 Å². The Hall–Kier alpha value is -2.90. The van der Waals surface area contributed by atoms with Gasteiger partial charge in [-0.15, -0.1) is 0 Å². The lowest BCUT2D eigenvalue weighted by molar-refractivity contribution is -0.671. The van der Waals surface area contributed by atoms with Crippen LogP contribution in [0.25, 0.3) is 11.3 Å². The molecule has 3 aliphatic rings. The Morgan fingerprint density at radius 2 is 1.69 bits per heavy atom. The summed E-state index contributed by atoms with van der Waals surface area (Å²) in [4.78, 5) is 2.63. The second-order valence-electron chi connectivity index (χ2n) is 8.19. The fourth-order valence-corrected chi connectivity index (χ4v) is 8.29. The monoisotopic (exact) mass is 389 g/mol. The highest BCUT2D eigenvalue weighted by Gasteiger charge is 2.52. The number of pyridine rings is 1. The van der Waals surface area contributed by atoms with Crippen molar-refractivity contribution in [3.63, 3.8) is 0 Å². The number of aryl methyl sites for hydroxylation is 1. The van der Waals surface area contributed by atoms with E-state index in [-0.39, 0.29) is 0 Å². The van der Waals surface area contributed by atoms with E-state index in [1.165, 1.54) is 49.8 Å². The third-order valence-corrected chi connectivity index (χ3v) is 9.30. The van der Waals surface area contributed by atoms with Gasteiger partial charge in [-0.1, -0.05) is 66.2 Å².